The highest BCUT2D eigenvalue weighted by Gasteiger charge is 2.27. The molecule has 8 nitrogen and oxygen atoms in total. The number of carbonyl (C=O) groups is 2. The normalized spacial score (nSPS) is 17.8. The van der Waals surface area contributed by atoms with Crippen molar-refractivity contribution in [2.24, 2.45) is 5.92 Å². The van der Waals surface area contributed by atoms with Gasteiger partial charge in [0.2, 0.25) is 5.91 Å². The number of ether oxygens (including phenoxy) is 1. The fraction of sp³-hybridized carbons (Fsp3) is 0.500. The molecule has 0 spiro atoms. The summed E-state index contributed by atoms with van der Waals surface area (Å²) in [6, 6.07) is 4.09. The molecule has 2 rings (SSSR count). The Kier molecular flexibility index (Phi) is 6.72. The maximum absolute atomic E-state index is 12.2. The summed E-state index contributed by atoms with van der Waals surface area (Å²) < 4.78 is 5.03. The number of nitrogens with zero attached hydrogens (tertiary/aromatic N) is 2. The van der Waals surface area contributed by atoms with E-state index in [-0.39, 0.29) is 35.0 Å². The molecule has 0 aromatic heterocycles. The first-order valence-electron chi connectivity index (χ1n) is 8.03. The summed E-state index contributed by atoms with van der Waals surface area (Å²) in [5.74, 6) is -0.764. The average molecular weight is 370 g/mol. The van der Waals surface area contributed by atoms with Crippen LogP contribution < -0.4 is 5.32 Å². The van der Waals surface area contributed by atoms with Crippen LogP contribution >= 0.6 is 11.6 Å². The Bertz CT molecular complexity index is 667. The fourth-order valence-electron chi connectivity index (χ4n) is 2.79. The van der Waals surface area contributed by atoms with E-state index in [1.807, 2.05) is 4.90 Å². The Hall–Kier alpha value is -2.19. The molecule has 1 N–H and O–H groups in total. The monoisotopic (exact) mass is 369 g/mol. The lowest BCUT2D eigenvalue weighted by atomic mass is 9.98. The largest absolute Gasteiger partial charge is 0.466 e. The van der Waals surface area contributed by atoms with Gasteiger partial charge in [-0.1, -0.05) is 11.6 Å². The molecule has 1 aromatic rings. The summed E-state index contributed by atoms with van der Waals surface area (Å²) in [5.41, 5.74) is 0.0415. The van der Waals surface area contributed by atoms with Gasteiger partial charge in [0.25, 0.3) is 5.69 Å². The molecule has 136 valence electrons. The lowest BCUT2D eigenvalue weighted by molar-refractivity contribution is -0.384. The van der Waals surface area contributed by atoms with Gasteiger partial charge in [0.15, 0.2) is 0 Å². The second kappa shape index (κ2) is 8.77. The summed E-state index contributed by atoms with van der Waals surface area (Å²) >= 11 is 5.75. The topological polar surface area (TPSA) is 102 Å². The van der Waals surface area contributed by atoms with Gasteiger partial charge in [-0.2, -0.15) is 0 Å². The van der Waals surface area contributed by atoms with Crippen molar-refractivity contribution in [3.05, 3.63) is 33.3 Å². The highest BCUT2D eigenvalue weighted by atomic mass is 35.5. The quantitative estimate of drug-likeness (QED) is 0.469. The summed E-state index contributed by atoms with van der Waals surface area (Å²) in [7, 11) is 0. The first-order chi connectivity index (χ1) is 11.9. The molecule has 1 aliphatic heterocycles. The van der Waals surface area contributed by atoms with Crippen molar-refractivity contribution in [3.63, 3.8) is 0 Å². The number of nitro groups is 1. The van der Waals surface area contributed by atoms with E-state index in [4.69, 9.17) is 16.3 Å². The number of anilines is 1. The van der Waals surface area contributed by atoms with Gasteiger partial charge in [-0.15, -0.1) is 0 Å². The van der Waals surface area contributed by atoms with Crippen molar-refractivity contribution >= 4 is 34.9 Å². The van der Waals surface area contributed by atoms with Gasteiger partial charge < -0.3 is 10.1 Å². The number of nitro benzene ring substituents is 1. The number of piperidine rings is 1. The van der Waals surface area contributed by atoms with Crippen LogP contribution in [-0.2, 0) is 14.3 Å². The van der Waals surface area contributed by atoms with Gasteiger partial charge >= 0.3 is 5.97 Å². The van der Waals surface area contributed by atoms with E-state index < -0.39 is 4.92 Å². The number of carbonyl (C=O) groups excluding carboxylic acids is 2. The molecular weight excluding hydrogens is 350 g/mol. The summed E-state index contributed by atoms with van der Waals surface area (Å²) in [6.45, 7) is 3.38. The number of halogens is 1. The first kappa shape index (κ1) is 19.1. The van der Waals surface area contributed by atoms with E-state index in [2.05, 4.69) is 5.32 Å². The SMILES string of the molecule is CCOC(=O)[C@H]1CCCN(CC(=O)Nc2ccc(Cl)c([N+](=O)[O-])c2)C1. The van der Waals surface area contributed by atoms with E-state index in [1.54, 1.807) is 6.92 Å². The van der Waals surface area contributed by atoms with E-state index >= 15 is 0 Å². The molecule has 1 heterocycles. The Morgan fingerprint density at radius 2 is 2.24 bits per heavy atom. The second-order valence-electron chi connectivity index (χ2n) is 5.80. The van der Waals surface area contributed by atoms with E-state index in [1.165, 1.54) is 18.2 Å². The van der Waals surface area contributed by atoms with Crippen LogP contribution in [0, 0.1) is 16.0 Å². The third-order valence-corrected chi connectivity index (χ3v) is 4.24. The summed E-state index contributed by atoms with van der Waals surface area (Å²) in [5, 5.41) is 13.5. The average Bonchev–Trinajstić information content (AvgIpc) is 2.56. The standard InChI is InChI=1S/C16H20ClN3O5/c1-2-25-16(22)11-4-3-7-19(9-11)10-15(21)18-12-5-6-13(17)14(8-12)20(23)24/h5-6,8,11H,2-4,7,9-10H2,1H3,(H,18,21)/t11-/m0/s1. The maximum atomic E-state index is 12.2. The van der Waals surface area contributed by atoms with Gasteiger partial charge in [0, 0.05) is 18.3 Å². The van der Waals surface area contributed by atoms with Crippen LogP contribution in [0.15, 0.2) is 18.2 Å². The molecule has 9 heteroatoms. The Balaban J connectivity index is 1.92. The second-order valence-corrected chi connectivity index (χ2v) is 6.20. The molecule has 1 fully saturated rings. The van der Waals surface area contributed by atoms with E-state index in [0.717, 1.165) is 12.8 Å². The van der Waals surface area contributed by atoms with Crippen LogP contribution in [0.5, 0.6) is 0 Å². The van der Waals surface area contributed by atoms with Crippen molar-refractivity contribution in [3.8, 4) is 0 Å². The first-order valence-corrected chi connectivity index (χ1v) is 8.41. The van der Waals surface area contributed by atoms with Gasteiger partial charge in [-0.25, -0.2) is 0 Å². The van der Waals surface area contributed by atoms with E-state index in [9.17, 15) is 19.7 Å². The van der Waals surface area contributed by atoms with Crippen LogP contribution in [0.25, 0.3) is 0 Å². The van der Waals surface area contributed by atoms with Crippen molar-refractivity contribution in [1.82, 2.24) is 4.90 Å². The van der Waals surface area contributed by atoms with Crippen molar-refractivity contribution < 1.29 is 19.2 Å². The van der Waals surface area contributed by atoms with Gasteiger partial charge in [0.05, 0.1) is 24.0 Å². The molecular formula is C16H20ClN3O5. The Morgan fingerprint density at radius 3 is 2.92 bits per heavy atom. The third-order valence-electron chi connectivity index (χ3n) is 3.92. The van der Waals surface area contributed by atoms with Gasteiger partial charge in [0.1, 0.15) is 5.02 Å². The lowest BCUT2D eigenvalue weighted by Crippen LogP contribution is -2.43. The molecule has 1 amide bonds. The van der Waals surface area contributed by atoms with Crippen molar-refractivity contribution in [1.29, 1.82) is 0 Å². The van der Waals surface area contributed by atoms with E-state index in [0.29, 0.717) is 25.4 Å². The number of hydrogen-bond acceptors (Lipinski definition) is 6. The predicted molar refractivity (Wildman–Crippen MR) is 92.5 cm³/mol. The molecule has 0 unspecified atom stereocenters. The zero-order chi connectivity index (χ0) is 18.4. The van der Waals surface area contributed by atoms with Gasteiger partial charge in [-0.3, -0.25) is 24.6 Å². The zero-order valence-corrected chi connectivity index (χ0v) is 14.6. The zero-order valence-electron chi connectivity index (χ0n) is 13.9. The highest BCUT2D eigenvalue weighted by molar-refractivity contribution is 6.32. The number of amides is 1. The summed E-state index contributed by atoms with van der Waals surface area (Å²) in [4.78, 5) is 36.2. The number of benzene rings is 1. The molecule has 0 saturated carbocycles. The molecule has 1 atom stereocenters. The molecule has 1 aromatic carbocycles. The molecule has 0 bridgehead atoms. The number of hydrogen-bond donors (Lipinski definition) is 1. The number of esters is 1. The minimum atomic E-state index is -0.605. The number of nitrogens with one attached hydrogen (secondary N) is 1. The molecule has 0 radical (unpaired) electrons. The molecule has 25 heavy (non-hydrogen) atoms. The number of likely N-dealkylation sites (tertiary alicyclic amines) is 1. The minimum Gasteiger partial charge on any atom is -0.466 e. The maximum Gasteiger partial charge on any atom is 0.310 e. The highest BCUT2D eigenvalue weighted by Crippen LogP contribution is 2.27. The molecule has 1 aliphatic rings. The lowest BCUT2D eigenvalue weighted by Gasteiger charge is -2.30. The molecule has 1 saturated heterocycles. The van der Waals surface area contributed by atoms with Crippen LogP contribution in [0.3, 0.4) is 0 Å². The summed E-state index contributed by atoms with van der Waals surface area (Å²) in [6.07, 6.45) is 1.56. The van der Waals surface area contributed by atoms with Crippen molar-refractivity contribution in [2.75, 3.05) is 31.6 Å². The van der Waals surface area contributed by atoms with Crippen LogP contribution in [0.2, 0.25) is 5.02 Å². The third kappa shape index (κ3) is 5.40. The molecule has 0 aliphatic carbocycles. The van der Waals surface area contributed by atoms with Crippen LogP contribution in [-0.4, -0.2) is 47.9 Å². The number of rotatable bonds is 6. The van der Waals surface area contributed by atoms with Gasteiger partial charge in [-0.05, 0) is 38.4 Å². The smallest absolute Gasteiger partial charge is 0.310 e. The van der Waals surface area contributed by atoms with Crippen LogP contribution in [0.4, 0.5) is 11.4 Å². The van der Waals surface area contributed by atoms with Crippen LogP contribution in [0.1, 0.15) is 19.8 Å². The fourth-order valence-corrected chi connectivity index (χ4v) is 2.97. The predicted octanol–water partition coefficient (Wildman–Crippen LogP) is 2.46. The Morgan fingerprint density at radius 1 is 1.48 bits per heavy atom. The van der Waals surface area contributed by atoms with Crippen molar-refractivity contribution in [2.45, 2.75) is 19.8 Å². The minimum absolute atomic E-state index is 0.0105. The Labute approximate surface area is 150 Å².